The predicted molar refractivity (Wildman–Crippen MR) is 149 cm³/mol. The maximum atomic E-state index is 13.6. The normalized spacial score (nSPS) is 17.7. The highest BCUT2D eigenvalue weighted by molar-refractivity contribution is 5.58. The van der Waals surface area contributed by atoms with Gasteiger partial charge in [-0.3, -0.25) is 0 Å². The van der Waals surface area contributed by atoms with Gasteiger partial charge >= 0.3 is 18.7 Å². The van der Waals surface area contributed by atoms with Gasteiger partial charge in [0.2, 0.25) is 0 Å². The van der Waals surface area contributed by atoms with Gasteiger partial charge in [0, 0.05) is 38.5 Å². The quantitative estimate of drug-likeness (QED) is 0.221. The van der Waals surface area contributed by atoms with Gasteiger partial charge in [-0.25, -0.2) is 0 Å². The maximum Gasteiger partial charge on any atom is 0.573 e. The van der Waals surface area contributed by atoms with Gasteiger partial charge < -0.3 is 19.6 Å². The van der Waals surface area contributed by atoms with E-state index in [1.165, 1.54) is 18.0 Å². The molecule has 1 aliphatic carbocycles. The lowest BCUT2D eigenvalue weighted by Crippen LogP contribution is -2.33. The largest absolute Gasteiger partial charge is 0.573 e. The summed E-state index contributed by atoms with van der Waals surface area (Å²) >= 11 is 0. The summed E-state index contributed by atoms with van der Waals surface area (Å²) in [4.78, 5) is 4.21. The molecule has 0 saturated heterocycles. The van der Waals surface area contributed by atoms with Crippen LogP contribution in [0.5, 0.6) is 5.75 Å². The predicted octanol–water partition coefficient (Wildman–Crippen LogP) is 6.98. The smallest absolute Gasteiger partial charge is 0.406 e. The fourth-order valence-corrected chi connectivity index (χ4v) is 5.63. The van der Waals surface area contributed by atoms with Crippen LogP contribution in [-0.4, -0.2) is 51.4 Å². The second-order valence-corrected chi connectivity index (χ2v) is 11.3. The number of rotatable bonds is 11. The molecular formula is C29H33F9N6O2. The minimum absolute atomic E-state index is 0.0115. The van der Waals surface area contributed by atoms with Crippen molar-refractivity contribution in [2.75, 3.05) is 29.5 Å². The number of nitrogens with zero attached hydrogens (tertiary/aromatic N) is 6. The Morgan fingerprint density at radius 3 is 1.96 bits per heavy atom. The number of hydrogen-bond donors (Lipinski definition) is 1. The minimum Gasteiger partial charge on any atom is -0.406 e. The molecule has 2 aromatic carbocycles. The molecule has 0 amide bonds. The number of aromatic nitrogens is 4. The number of aryl methyl sites for hydroxylation is 1. The van der Waals surface area contributed by atoms with E-state index in [1.807, 2.05) is 11.8 Å². The molecule has 1 heterocycles. The second-order valence-electron chi connectivity index (χ2n) is 11.3. The molecule has 1 aliphatic rings. The molecule has 0 spiro atoms. The molecule has 0 bridgehead atoms. The number of hydrogen-bond acceptors (Lipinski definition) is 7. The molecule has 1 saturated carbocycles. The molecule has 0 radical (unpaired) electrons. The fraction of sp³-hybridized carbons (Fsp3) is 0.552. The van der Waals surface area contributed by atoms with Crippen molar-refractivity contribution in [1.29, 1.82) is 0 Å². The Morgan fingerprint density at radius 2 is 1.46 bits per heavy atom. The lowest BCUT2D eigenvalue weighted by atomic mass is 9.82. The van der Waals surface area contributed by atoms with Gasteiger partial charge in [0.05, 0.1) is 18.2 Å². The molecule has 0 unspecified atom stereocenters. The number of tetrazole rings is 1. The zero-order valence-electron chi connectivity index (χ0n) is 24.9. The maximum absolute atomic E-state index is 13.6. The summed E-state index contributed by atoms with van der Waals surface area (Å²) in [7, 11) is 1.40. The summed E-state index contributed by atoms with van der Waals surface area (Å²) < 4.78 is 125. The van der Waals surface area contributed by atoms with Crippen LogP contribution in [0, 0.1) is 11.8 Å². The molecule has 1 N–H and O–H groups in total. The number of halogens is 9. The van der Waals surface area contributed by atoms with E-state index >= 15 is 0 Å². The average Bonchev–Trinajstić information content (AvgIpc) is 3.40. The van der Waals surface area contributed by atoms with Crippen LogP contribution in [0.25, 0.3) is 0 Å². The Kier molecular flexibility index (Phi) is 10.6. The Bertz CT molecular complexity index is 1420. The summed E-state index contributed by atoms with van der Waals surface area (Å²) in [6.07, 6.45) is -11.9. The number of ether oxygens (including phenoxy) is 1. The highest BCUT2D eigenvalue weighted by Gasteiger charge is 2.37. The van der Waals surface area contributed by atoms with Crippen LogP contribution in [0.3, 0.4) is 0 Å². The van der Waals surface area contributed by atoms with Crippen LogP contribution in [-0.2, 0) is 32.5 Å². The molecular weight excluding hydrogens is 635 g/mol. The molecule has 1 fully saturated rings. The van der Waals surface area contributed by atoms with E-state index in [9.17, 15) is 44.6 Å². The van der Waals surface area contributed by atoms with Gasteiger partial charge in [-0.05, 0) is 97.2 Å². The molecule has 4 rings (SSSR count). The van der Waals surface area contributed by atoms with Crippen LogP contribution in [0.4, 0.5) is 51.1 Å². The first kappa shape index (κ1) is 35.1. The van der Waals surface area contributed by atoms with E-state index < -0.39 is 42.1 Å². The third-order valence-electron chi connectivity index (χ3n) is 7.87. The highest BCUT2D eigenvalue weighted by Crippen LogP contribution is 2.38. The van der Waals surface area contributed by atoms with E-state index in [1.54, 1.807) is 0 Å². The molecule has 254 valence electrons. The first-order valence-corrected chi connectivity index (χ1v) is 14.5. The summed E-state index contributed by atoms with van der Waals surface area (Å²) in [5.41, 5.74) is -2.68. The van der Waals surface area contributed by atoms with Gasteiger partial charge in [-0.2, -0.15) is 31.1 Å². The Labute approximate surface area is 258 Å². The third-order valence-corrected chi connectivity index (χ3v) is 7.87. The number of benzene rings is 2. The number of aliphatic hydroxyl groups is 1. The van der Waals surface area contributed by atoms with Crippen molar-refractivity contribution in [2.24, 2.45) is 18.9 Å². The van der Waals surface area contributed by atoms with Crippen molar-refractivity contribution >= 4 is 11.6 Å². The lowest BCUT2D eigenvalue weighted by Gasteiger charge is -2.34. The lowest BCUT2D eigenvalue weighted by molar-refractivity contribution is -0.274. The van der Waals surface area contributed by atoms with Crippen LogP contribution in [0.2, 0.25) is 0 Å². The van der Waals surface area contributed by atoms with E-state index in [0.29, 0.717) is 30.9 Å². The molecule has 3 aromatic rings. The minimum atomic E-state index is -5.08. The first-order chi connectivity index (χ1) is 21.4. The highest BCUT2D eigenvalue weighted by atomic mass is 19.4. The summed E-state index contributed by atoms with van der Waals surface area (Å²) in [5, 5.41) is 21.1. The van der Waals surface area contributed by atoms with E-state index in [0.717, 1.165) is 42.6 Å². The average molecular weight is 669 g/mol. The number of anilines is 2. The van der Waals surface area contributed by atoms with Crippen molar-refractivity contribution in [2.45, 2.75) is 64.4 Å². The molecule has 1 aromatic heterocycles. The molecule has 8 nitrogen and oxygen atoms in total. The standard InChI is InChI=1S/C29H33F9N6O2/c1-3-43(14-18-4-6-19(17-45)7-5-18)25-9-8-24(46-29(36,37)38)12-21(25)16-44(26-39-41-42(2)40-26)15-20-10-22(27(30,31)32)13-23(11-20)28(33,34)35/h8-13,18-19,45H,3-7,14-17H2,1-2H3. The van der Waals surface area contributed by atoms with Crippen LogP contribution < -0.4 is 14.5 Å². The SMILES string of the molecule is CCN(CC1CCC(CO)CC1)c1ccc(OC(F)(F)F)cc1CN(Cc1cc(C(F)(F)F)cc(C(F)(F)F)c1)c1nnn(C)n1. The summed E-state index contributed by atoms with van der Waals surface area (Å²) in [6, 6.07) is 4.87. The van der Waals surface area contributed by atoms with Crippen LogP contribution in [0.15, 0.2) is 36.4 Å². The topological polar surface area (TPSA) is 79.5 Å². The van der Waals surface area contributed by atoms with Gasteiger partial charge in [0.15, 0.2) is 0 Å². The summed E-state index contributed by atoms with van der Waals surface area (Å²) in [5.74, 6) is -0.295. The van der Waals surface area contributed by atoms with Gasteiger partial charge in [-0.1, -0.05) is 5.10 Å². The Hall–Kier alpha value is -3.76. The van der Waals surface area contributed by atoms with Crippen molar-refractivity contribution < 1.29 is 49.4 Å². The summed E-state index contributed by atoms with van der Waals surface area (Å²) in [6.45, 7) is 2.04. The van der Waals surface area contributed by atoms with Crippen molar-refractivity contribution in [3.63, 3.8) is 0 Å². The van der Waals surface area contributed by atoms with Crippen molar-refractivity contribution in [1.82, 2.24) is 20.2 Å². The Morgan fingerprint density at radius 1 is 0.848 bits per heavy atom. The molecule has 46 heavy (non-hydrogen) atoms. The number of alkyl halides is 9. The Balaban J connectivity index is 1.75. The van der Waals surface area contributed by atoms with E-state index in [4.69, 9.17) is 0 Å². The molecule has 0 atom stereocenters. The van der Waals surface area contributed by atoms with Gasteiger partial charge in [-0.15, -0.1) is 18.3 Å². The van der Waals surface area contributed by atoms with Crippen LogP contribution in [0.1, 0.15) is 54.9 Å². The van der Waals surface area contributed by atoms with Crippen LogP contribution >= 0.6 is 0 Å². The van der Waals surface area contributed by atoms with Gasteiger partial charge in [0.1, 0.15) is 5.75 Å². The first-order valence-electron chi connectivity index (χ1n) is 14.5. The number of aliphatic hydroxyl groups excluding tert-OH is 1. The zero-order chi connectivity index (χ0) is 33.9. The fourth-order valence-electron chi connectivity index (χ4n) is 5.63. The van der Waals surface area contributed by atoms with Gasteiger partial charge in [0.25, 0.3) is 5.95 Å². The molecule has 17 heteroatoms. The third kappa shape index (κ3) is 9.39. The monoisotopic (exact) mass is 668 g/mol. The van der Waals surface area contributed by atoms with E-state index in [-0.39, 0.29) is 48.1 Å². The van der Waals surface area contributed by atoms with Crippen molar-refractivity contribution in [3.05, 3.63) is 58.7 Å². The van der Waals surface area contributed by atoms with E-state index in [2.05, 4.69) is 20.1 Å². The zero-order valence-corrected chi connectivity index (χ0v) is 24.9. The van der Waals surface area contributed by atoms with Crippen molar-refractivity contribution in [3.8, 4) is 5.75 Å². The molecule has 0 aliphatic heterocycles. The second kappa shape index (κ2) is 13.9.